The number of hydrogen-bond acceptors (Lipinski definition) is 7. The summed E-state index contributed by atoms with van der Waals surface area (Å²) in [6, 6.07) is 0. The lowest BCUT2D eigenvalue weighted by Crippen LogP contribution is -2.29. The second kappa shape index (κ2) is 7.95. The summed E-state index contributed by atoms with van der Waals surface area (Å²) in [6.07, 6.45) is 8.47. The first-order valence-electron chi connectivity index (χ1n) is 9.31. The van der Waals surface area contributed by atoms with Crippen LogP contribution in [0.15, 0.2) is 6.33 Å². The molecule has 1 aliphatic carbocycles. The smallest absolute Gasteiger partial charge is 0.138 e. The molecule has 4 rings (SSSR count). The summed E-state index contributed by atoms with van der Waals surface area (Å²) < 4.78 is 5.87. The number of hydrogen-bond donors (Lipinski definition) is 3. The summed E-state index contributed by atoms with van der Waals surface area (Å²) in [4.78, 5) is 11.2. The van der Waals surface area contributed by atoms with E-state index < -0.39 is 6.10 Å². The van der Waals surface area contributed by atoms with Gasteiger partial charge in [0, 0.05) is 18.0 Å². The largest absolute Gasteiger partial charge is 0.389 e. The van der Waals surface area contributed by atoms with Crippen LogP contribution >= 0.6 is 11.3 Å². The number of fused-ring (bicyclic) bond motifs is 3. The highest BCUT2D eigenvalue weighted by atomic mass is 32.1. The maximum atomic E-state index is 10.3. The zero-order valence-electron chi connectivity index (χ0n) is 14.5. The Morgan fingerprint density at radius 2 is 2.20 bits per heavy atom. The Morgan fingerprint density at radius 1 is 1.32 bits per heavy atom. The molecule has 3 heterocycles. The van der Waals surface area contributed by atoms with Crippen LogP contribution in [0.2, 0.25) is 0 Å². The predicted octanol–water partition coefficient (Wildman–Crippen LogP) is 2.46. The minimum Gasteiger partial charge on any atom is -0.389 e. The van der Waals surface area contributed by atoms with Crippen molar-refractivity contribution in [2.45, 2.75) is 57.3 Å². The Bertz CT molecular complexity index is 714. The third-order valence-corrected chi connectivity index (χ3v) is 6.23. The molecule has 1 atom stereocenters. The van der Waals surface area contributed by atoms with Gasteiger partial charge in [-0.1, -0.05) is 19.3 Å². The first-order valence-corrected chi connectivity index (χ1v) is 10.1. The van der Waals surface area contributed by atoms with Gasteiger partial charge in [0.1, 0.15) is 17.0 Å². The third kappa shape index (κ3) is 3.95. The first kappa shape index (κ1) is 17.1. The Labute approximate surface area is 152 Å². The van der Waals surface area contributed by atoms with Gasteiger partial charge in [-0.25, -0.2) is 9.97 Å². The highest BCUT2D eigenvalue weighted by Crippen LogP contribution is 2.35. The minimum atomic E-state index is -0.525. The summed E-state index contributed by atoms with van der Waals surface area (Å²) >= 11 is 1.74. The number of nitrogens with one attached hydrogen (secondary N) is 2. The fraction of sp³-hybridized carbons (Fsp3) is 0.667. The highest BCUT2D eigenvalue weighted by molar-refractivity contribution is 7.18. The number of ether oxygens (including phenoxy) is 1. The van der Waals surface area contributed by atoms with Gasteiger partial charge >= 0.3 is 0 Å². The normalized spacial score (nSPS) is 19.7. The summed E-state index contributed by atoms with van der Waals surface area (Å²) in [6.45, 7) is 2.73. The van der Waals surface area contributed by atoms with Crippen molar-refractivity contribution in [2.24, 2.45) is 0 Å². The van der Waals surface area contributed by atoms with Crippen molar-refractivity contribution in [1.29, 1.82) is 0 Å². The predicted molar refractivity (Wildman–Crippen MR) is 100 cm³/mol. The molecule has 0 saturated heterocycles. The van der Waals surface area contributed by atoms with E-state index in [1.165, 1.54) is 29.7 Å². The van der Waals surface area contributed by atoms with Crippen LogP contribution in [0.25, 0.3) is 10.2 Å². The molecule has 0 spiro atoms. The molecule has 2 aliphatic rings. The molecule has 0 bridgehead atoms. The van der Waals surface area contributed by atoms with E-state index in [2.05, 4.69) is 20.6 Å². The van der Waals surface area contributed by atoms with E-state index in [0.29, 0.717) is 19.3 Å². The van der Waals surface area contributed by atoms with Gasteiger partial charge in [0.05, 0.1) is 24.2 Å². The number of aliphatic hydroxyl groups is 1. The zero-order valence-corrected chi connectivity index (χ0v) is 15.3. The van der Waals surface area contributed by atoms with Crippen LogP contribution in [-0.4, -0.2) is 47.0 Å². The van der Waals surface area contributed by atoms with E-state index in [1.54, 1.807) is 17.7 Å². The standard InChI is InChI=1S/C18H26N4O2S/c23-12(10-24-13-4-2-1-3-5-13)8-20-17-16-14-6-7-19-9-15(14)25-18(16)22-11-21-17/h11-13,19,23H,1-10H2,(H,20,21,22). The molecule has 25 heavy (non-hydrogen) atoms. The molecule has 7 heteroatoms. The number of aromatic nitrogens is 2. The molecule has 0 radical (unpaired) electrons. The topological polar surface area (TPSA) is 79.3 Å². The number of nitrogens with zero attached hydrogens (tertiary/aromatic N) is 2. The van der Waals surface area contributed by atoms with Gasteiger partial charge in [-0.15, -0.1) is 11.3 Å². The maximum absolute atomic E-state index is 10.3. The van der Waals surface area contributed by atoms with E-state index >= 15 is 0 Å². The van der Waals surface area contributed by atoms with Gasteiger partial charge in [0.15, 0.2) is 0 Å². The van der Waals surface area contributed by atoms with Gasteiger partial charge in [-0.3, -0.25) is 0 Å². The van der Waals surface area contributed by atoms with Gasteiger partial charge in [0.25, 0.3) is 0 Å². The average Bonchev–Trinajstić information content (AvgIpc) is 3.04. The summed E-state index contributed by atoms with van der Waals surface area (Å²) in [7, 11) is 0. The number of thiophene rings is 1. The van der Waals surface area contributed by atoms with E-state index in [0.717, 1.165) is 48.4 Å². The van der Waals surface area contributed by atoms with E-state index in [9.17, 15) is 5.11 Å². The quantitative estimate of drug-likeness (QED) is 0.733. The molecule has 6 nitrogen and oxygen atoms in total. The molecule has 2 aromatic heterocycles. The molecule has 1 saturated carbocycles. The lowest BCUT2D eigenvalue weighted by atomic mass is 9.98. The van der Waals surface area contributed by atoms with Crippen LogP contribution in [0, 0.1) is 0 Å². The SMILES string of the molecule is OC(CNc1ncnc2sc3c(c12)CCNC3)COC1CCCCC1. The molecule has 1 aliphatic heterocycles. The fourth-order valence-corrected chi connectivity index (χ4v) is 4.90. The molecule has 0 amide bonds. The molecular weight excluding hydrogens is 336 g/mol. The number of anilines is 1. The highest BCUT2D eigenvalue weighted by Gasteiger charge is 2.20. The first-order chi connectivity index (χ1) is 12.3. The maximum Gasteiger partial charge on any atom is 0.138 e. The Hall–Kier alpha value is -1.28. The van der Waals surface area contributed by atoms with Gasteiger partial charge < -0.3 is 20.5 Å². The fourth-order valence-electron chi connectivity index (χ4n) is 3.75. The molecule has 1 fully saturated rings. The summed E-state index contributed by atoms with van der Waals surface area (Å²) in [5, 5.41) is 18.1. The minimum absolute atomic E-state index is 0.325. The van der Waals surface area contributed by atoms with Crippen LogP contribution in [0.1, 0.15) is 42.5 Å². The van der Waals surface area contributed by atoms with Crippen molar-refractivity contribution in [3.05, 3.63) is 16.8 Å². The van der Waals surface area contributed by atoms with Crippen LogP contribution in [0.3, 0.4) is 0 Å². The molecule has 136 valence electrons. The van der Waals surface area contributed by atoms with Crippen LogP contribution < -0.4 is 10.6 Å². The lowest BCUT2D eigenvalue weighted by Gasteiger charge is -2.23. The molecule has 3 N–H and O–H groups in total. The van der Waals surface area contributed by atoms with E-state index in [-0.39, 0.29) is 0 Å². The van der Waals surface area contributed by atoms with E-state index in [4.69, 9.17) is 4.74 Å². The molecule has 0 aromatic carbocycles. The van der Waals surface area contributed by atoms with Gasteiger partial charge in [0.2, 0.25) is 0 Å². The Balaban J connectivity index is 1.38. The second-order valence-electron chi connectivity index (χ2n) is 6.96. The van der Waals surface area contributed by atoms with Crippen molar-refractivity contribution in [2.75, 3.05) is 25.0 Å². The molecular formula is C18H26N4O2S. The van der Waals surface area contributed by atoms with Gasteiger partial charge in [-0.2, -0.15) is 0 Å². The van der Waals surface area contributed by atoms with E-state index in [1.807, 2.05) is 0 Å². The number of rotatable bonds is 6. The zero-order chi connectivity index (χ0) is 17.1. The summed E-state index contributed by atoms with van der Waals surface area (Å²) in [5.74, 6) is 0.834. The second-order valence-corrected chi connectivity index (χ2v) is 8.04. The van der Waals surface area contributed by atoms with Gasteiger partial charge in [-0.05, 0) is 31.4 Å². The van der Waals surface area contributed by atoms with Crippen molar-refractivity contribution < 1.29 is 9.84 Å². The van der Waals surface area contributed by atoms with Crippen LogP contribution in [-0.2, 0) is 17.7 Å². The van der Waals surface area contributed by atoms with Crippen molar-refractivity contribution in [3.8, 4) is 0 Å². The van der Waals surface area contributed by atoms with Crippen LogP contribution in [0.5, 0.6) is 0 Å². The summed E-state index contributed by atoms with van der Waals surface area (Å²) in [5.41, 5.74) is 1.36. The van der Waals surface area contributed by atoms with Crippen molar-refractivity contribution in [1.82, 2.24) is 15.3 Å². The van der Waals surface area contributed by atoms with Crippen LogP contribution in [0.4, 0.5) is 5.82 Å². The van der Waals surface area contributed by atoms with Crippen molar-refractivity contribution >= 4 is 27.4 Å². The number of aliphatic hydroxyl groups excluding tert-OH is 1. The monoisotopic (exact) mass is 362 g/mol. The Kier molecular flexibility index (Phi) is 5.45. The third-order valence-electron chi connectivity index (χ3n) is 5.09. The molecule has 1 unspecified atom stereocenters. The lowest BCUT2D eigenvalue weighted by molar-refractivity contribution is -0.0195. The average molecular weight is 362 g/mol. The Morgan fingerprint density at radius 3 is 3.08 bits per heavy atom. The molecule has 2 aromatic rings. The van der Waals surface area contributed by atoms with Crippen molar-refractivity contribution in [3.63, 3.8) is 0 Å².